The highest BCUT2D eigenvalue weighted by molar-refractivity contribution is 5.79. The van der Waals surface area contributed by atoms with Crippen molar-refractivity contribution in [3.63, 3.8) is 0 Å². The summed E-state index contributed by atoms with van der Waals surface area (Å²) in [5, 5.41) is 11.8. The Kier molecular flexibility index (Phi) is 4.29. The summed E-state index contributed by atoms with van der Waals surface area (Å²) in [6, 6.07) is 4.02. The van der Waals surface area contributed by atoms with E-state index in [1.807, 2.05) is 29.7 Å². The van der Waals surface area contributed by atoms with Crippen LogP contribution in [0.1, 0.15) is 49.3 Å². The average molecular weight is 302 g/mol. The number of aryl methyl sites for hydroxylation is 1. The van der Waals surface area contributed by atoms with Crippen molar-refractivity contribution in [3.05, 3.63) is 29.6 Å². The van der Waals surface area contributed by atoms with Crippen LogP contribution in [0.15, 0.2) is 18.3 Å². The molecule has 0 unspecified atom stereocenters. The van der Waals surface area contributed by atoms with E-state index in [0.29, 0.717) is 5.92 Å². The molecule has 0 spiro atoms. The van der Waals surface area contributed by atoms with Gasteiger partial charge in [-0.2, -0.15) is 0 Å². The van der Waals surface area contributed by atoms with Crippen LogP contribution in [0.3, 0.4) is 0 Å². The summed E-state index contributed by atoms with van der Waals surface area (Å²) < 4.78 is 2.00. The first-order valence-corrected chi connectivity index (χ1v) is 7.85. The second-order valence-electron chi connectivity index (χ2n) is 5.95. The normalized spacial score (nSPS) is 15.9. The summed E-state index contributed by atoms with van der Waals surface area (Å²) in [7, 11) is 0. The van der Waals surface area contributed by atoms with Crippen molar-refractivity contribution in [1.82, 2.24) is 14.9 Å². The largest absolute Gasteiger partial charge is 0.360 e. The number of anilines is 1. The van der Waals surface area contributed by atoms with Gasteiger partial charge in [0.15, 0.2) is 0 Å². The lowest BCUT2D eigenvalue weighted by Gasteiger charge is -2.21. The number of hydrogen-bond donors (Lipinski definition) is 3. The molecule has 3 N–H and O–H groups in total. The van der Waals surface area contributed by atoms with Crippen LogP contribution in [0, 0.1) is 6.92 Å². The third-order valence-corrected chi connectivity index (χ3v) is 4.41. The van der Waals surface area contributed by atoms with E-state index in [4.69, 9.17) is 10.2 Å². The lowest BCUT2D eigenvalue weighted by atomic mass is 9.87. The van der Waals surface area contributed by atoms with Gasteiger partial charge in [-0.05, 0) is 31.4 Å². The molecule has 2 aromatic rings. The zero-order chi connectivity index (χ0) is 15.5. The number of pyridine rings is 1. The van der Waals surface area contributed by atoms with Crippen LogP contribution in [0.25, 0.3) is 5.65 Å². The third kappa shape index (κ3) is 2.78. The van der Waals surface area contributed by atoms with E-state index in [9.17, 15) is 4.79 Å². The number of aromatic nitrogens is 2. The van der Waals surface area contributed by atoms with Crippen molar-refractivity contribution >= 4 is 17.4 Å². The number of amides is 1. The van der Waals surface area contributed by atoms with Gasteiger partial charge < -0.3 is 5.32 Å². The van der Waals surface area contributed by atoms with Gasteiger partial charge in [0.05, 0.1) is 12.2 Å². The maximum atomic E-state index is 11.3. The van der Waals surface area contributed by atoms with Crippen LogP contribution >= 0.6 is 0 Å². The van der Waals surface area contributed by atoms with Crippen LogP contribution < -0.4 is 10.8 Å². The number of hydroxylamine groups is 1. The van der Waals surface area contributed by atoms with Crippen molar-refractivity contribution in [1.29, 1.82) is 0 Å². The molecule has 2 heterocycles. The molecule has 2 aromatic heterocycles. The number of nitrogens with zero attached hydrogens (tertiary/aromatic N) is 2. The Morgan fingerprint density at radius 1 is 1.41 bits per heavy atom. The number of nitrogens with one attached hydrogen (secondary N) is 2. The highest BCUT2D eigenvalue weighted by Crippen LogP contribution is 2.36. The monoisotopic (exact) mass is 302 g/mol. The fourth-order valence-corrected chi connectivity index (χ4v) is 3.26. The van der Waals surface area contributed by atoms with Crippen LogP contribution in [0.4, 0.5) is 5.82 Å². The van der Waals surface area contributed by atoms with Crippen LogP contribution in [0.2, 0.25) is 0 Å². The smallest absolute Gasteiger partial charge is 0.262 e. The first-order chi connectivity index (χ1) is 10.7. The Morgan fingerprint density at radius 3 is 2.91 bits per heavy atom. The van der Waals surface area contributed by atoms with Crippen LogP contribution in [-0.2, 0) is 4.79 Å². The Hall–Kier alpha value is -2.08. The van der Waals surface area contributed by atoms with E-state index in [2.05, 4.69) is 5.32 Å². The predicted molar refractivity (Wildman–Crippen MR) is 84.2 cm³/mol. The Labute approximate surface area is 129 Å². The zero-order valence-electron chi connectivity index (χ0n) is 12.8. The molecule has 1 fully saturated rings. The molecule has 0 bridgehead atoms. The predicted octanol–water partition coefficient (Wildman–Crippen LogP) is 2.61. The molecular weight excluding hydrogens is 280 g/mol. The minimum Gasteiger partial charge on any atom is -0.360 e. The summed E-state index contributed by atoms with van der Waals surface area (Å²) in [6.45, 7) is 2.06. The number of imidazole rings is 1. The lowest BCUT2D eigenvalue weighted by molar-refractivity contribution is -0.127. The standard InChI is InChI=1S/C16H22N4O2/c1-11-6-5-9-20-15(11)18-14(12-7-3-2-4-8-12)16(20)17-10-13(21)19-22/h5-6,9,12,17,22H,2-4,7-8,10H2,1H3,(H,19,21). The number of carbonyl (C=O) groups excluding carboxylic acids is 1. The highest BCUT2D eigenvalue weighted by Gasteiger charge is 2.24. The molecule has 118 valence electrons. The minimum atomic E-state index is -0.461. The van der Waals surface area contributed by atoms with E-state index in [-0.39, 0.29) is 6.54 Å². The summed E-state index contributed by atoms with van der Waals surface area (Å²) in [5.41, 5.74) is 4.73. The SMILES string of the molecule is Cc1cccn2c(NCC(=O)NO)c(C3CCCCC3)nc12. The van der Waals surface area contributed by atoms with Crippen LogP contribution in [-0.4, -0.2) is 27.0 Å². The quantitative estimate of drug-likeness (QED) is 0.599. The van der Waals surface area contributed by atoms with Crippen molar-refractivity contribution in [2.75, 3.05) is 11.9 Å². The molecule has 0 radical (unpaired) electrons. The molecule has 6 heteroatoms. The second-order valence-corrected chi connectivity index (χ2v) is 5.95. The topological polar surface area (TPSA) is 78.7 Å². The number of fused-ring (bicyclic) bond motifs is 1. The molecule has 1 amide bonds. The van der Waals surface area contributed by atoms with Gasteiger partial charge in [0.2, 0.25) is 0 Å². The van der Waals surface area contributed by atoms with E-state index in [1.54, 1.807) is 5.48 Å². The number of rotatable bonds is 4. The Balaban J connectivity index is 2.00. The maximum Gasteiger partial charge on any atom is 0.262 e. The third-order valence-electron chi connectivity index (χ3n) is 4.41. The average Bonchev–Trinajstić information content (AvgIpc) is 2.93. The molecule has 1 saturated carbocycles. The molecule has 0 aliphatic heterocycles. The fourth-order valence-electron chi connectivity index (χ4n) is 3.26. The summed E-state index contributed by atoms with van der Waals surface area (Å²) in [6.07, 6.45) is 8.00. The second kappa shape index (κ2) is 6.36. The molecule has 0 atom stereocenters. The van der Waals surface area contributed by atoms with Crippen LogP contribution in [0.5, 0.6) is 0 Å². The molecule has 0 aromatic carbocycles. The van der Waals surface area contributed by atoms with Gasteiger partial charge in [-0.25, -0.2) is 10.5 Å². The first-order valence-electron chi connectivity index (χ1n) is 7.85. The maximum absolute atomic E-state index is 11.3. The van der Waals surface area contributed by atoms with Crippen molar-refractivity contribution < 1.29 is 10.0 Å². The van der Waals surface area contributed by atoms with Crippen molar-refractivity contribution in [2.24, 2.45) is 0 Å². The molecular formula is C16H22N4O2. The summed E-state index contributed by atoms with van der Waals surface area (Å²) in [5.74, 6) is 0.846. The van der Waals surface area contributed by atoms with E-state index >= 15 is 0 Å². The first kappa shape index (κ1) is 14.8. The number of hydrogen-bond acceptors (Lipinski definition) is 4. The Morgan fingerprint density at radius 2 is 2.18 bits per heavy atom. The van der Waals surface area contributed by atoms with Gasteiger partial charge >= 0.3 is 0 Å². The van der Waals surface area contributed by atoms with E-state index in [0.717, 1.165) is 35.6 Å². The Bertz CT molecular complexity index is 674. The van der Waals surface area contributed by atoms with Crippen molar-refractivity contribution in [2.45, 2.75) is 44.9 Å². The van der Waals surface area contributed by atoms with Gasteiger partial charge in [-0.15, -0.1) is 0 Å². The van der Waals surface area contributed by atoms with Gasteiger partial charge in [-0.3, -0.25) is 14.4 Å². The molecule has 1 aliphatic carbocycles. The van der Waals surface area contributed by atoms with Gasteiger partial charge in [0.1, 0.15) is 11.5 Å². The van der Waals surface area contributed by atoms with Gasteiger partial charge in [0.25, 0.3) is 5.91 Å². The van der Waals surface area contributed by atoms with E-state index < -0.39 is 5.91 Å². The molecule has 22 heavy (non-hydrogen) atoms. The highest BCUT2D eigenvalue weighted by atomic mass is 16.5. The molecule has 1 aliphatic rings. The summed E-state index contributed by atoms with van der Waals surface area (Å²) in [4.78, 5) is 16.2. The molecule has 3 rings (SSSR count). The minimum absolute atomic E-state index is 0.0257. The lowest BCUT2D eigenvalue weighted by Crippen LogP contribution is -2.27. The van der Waals surface area contributed by atoms with Gasteiger partial charge in [-0.1, -0.05) is 25.3 Å². The zero-order valence-corrected chi connectivity index (χ0v) is 12.8. The van der Waals surface area contributed by atoms with Crippen molar-refractivity contribution in [3.8, 4) is 0 Å². The summed E-state index contributed by atoms with van der Waals surface area (Å²) >= 11 is 0. The van der Waals surface area contributed by atoms with Gasteiger partial charge in [0, 0.05) is 12.1 Å². The van der Waals surface area contributed by atoms with E-state index in [1.165, 1.54) is 19.3 Å². The number of carbonyl (C=O) groups is 1. The molecule has 0 saturated heterocycles. The fraction of sp³-hybridized carbons (Fsp3) is 0.500. The molecule has 6 nitrogen and oxygen atoms in total.